The SMILES string of the molecule is C=C.CCc1ccc(C(C)N2C3CC(c4cccc(F)c4)C34CC24)c(C)c1C.CN.CN(C)CCCC=O. The van der Waals surface area contributed by atoms with Gasteiger partial charge in [-0.25, -0.2) is 4.39 Å². The van der Waals surface area contributed by atoms with Crippen LogP contribution in [-0.2, 0) is 11.2 Å². The summed E-state index contributed by atoms with van der Waals surface area (Å²) in [5.74, 6) is 0.480. The maximum absolute atomic E-state index is 13.6. The Hall–Kier alpha value is -2.34. The monoisotopic (exact) mass is 523 g/mol. The van der Waals surface area contributed by atoms with Gasteiger partial charge in [0, 0.05) is 30.0 Å². The van der Waals surface area contributed by atoms with Crippen LogP contribution in [0.4, 0.5) is 4.39 Å². The number of carbonyl (C=O) groups excluding carboxylic acids is 1. The summed E-state index contributed by atoms with van der Waals surface area (Å²) >= 11 is 0. The van der Waals surface area contributed by atoms with E-state index in [0.29, 0.717) is 35.9 Å². The summed E-state index contributed by atoms with van der Waals surface area (Å²) in [4.78, 5) is 14.6. The predicted molar refractivity (Wildman–Crippen MR) is 159 cm³/mol. The van der Waals surface area contributed by atoms with E-state index in [1.54, 1.807) is 12.1 Å². The van der Waals surface area contributed by atoms with Crippen LogP contribution in [0, 0.1) is 25.1 Å². The second-order valence-electron chi connectivity index (χ2n) is 10.8. The minimum absolute atomic E-state index is 0.0915. The number of nitrogens with zero attached hydrogens (tertiary/aromatic N) is 2. The molecule has 3 aliphatic rings. The van der Waals surface area contributed by atoms with Crippen LogP contribution in [0.3, 0.4) is 0 Å². The maximum atomic E-state index is 13.6. The number of nitrogens with two attached hydrogens (primary N) is 1. The largest absolute Gasteiger partial charge is 0.333 e. The Kier molecular flexibility index (Phi) is 11.9. The molecule has 0 radical (unpaired) electrons. The van der Waals surface area contributed by atoms with E-state index >= 15 is 0 Å². The van der Waals surface area contributed by atoms with Crippen LogP contribution in [0.25, 0.3) is 0 Å². The van der Waals surface area contributed by atoms with E-state index in [0.717, 1.165) is 25.7 Å². The molecule has 38 heavy (non-hydrogen) atoms. The molecule has 2 N–H and O–H groups in total. The molecule has 0 aromatic heterocycles. The first-order valence-electron chi connectivity index (χ1n) is 14.0. The minimum Gasteiger partial charge on any atom is -0.333 e. The van der Waals surface area contributed by atoms with Crippen LogP contribution in [-0.4, -0.2) is 55.9 Å². The number of aryl methyl sites for hydroxylation is 1. The van der Waals surface area contributed by atoms with Crippen molar-refractivity contribution < 1.29 is 9.18 Å². The Morgan fingerprint density at radius 2 is 1.84 bits per heavy atom. The molecule has 2 aromatic rings. The second kappa shape index (κ2) is 14.2. The van der Waals surface area contributed by atoms with Crippen LogP contribution in [0.15, 0.2) is 49.6 Å². The van der Waals surface area contributed by atoms with Gasteiger partial charge >= 0.3 is 0 Å². The van der Waals surface area contributed by atoms with Crippen LogP contribution in [0.5, 0.6) is 0 Å². The summed E-state index contributed by atoms with van der Waals surface area (Å²) in [7, 11) is 5.51. The van der Waals surface area contributed by atoms with E-state index in [1.165, 1.54) is 47.7 Å². The molecule has 5 heteroatoms. The van der Waals surface area contributed by atoms with E-state index in [-0.39, 0.29) is 5.82 Å². The van der Waals surface area contributed by atoms with Gasteiger partial charge in [0.15, 0.2) is 0 Å². The number of piperidine rings is 1. The molecule has 2 aliphatic carbocycles. The van der Waals surface area contributed by atoms with Crippen molar-refractivity contribution in [2.75, 3.05) is 27.7 Å². The topological polar surface area (TPSA) is 49.6 Å². The van der Waals surface area contributed by atoms with Gasteiger partial charge in [0.25, 0.3) is 0 Å². The fourth-order valence-corrected chi connectivity index (χ4v) is 6.75. The molecule has 2 aromatic carbocycles. The Morgan fingerprint density at radius 3 is 2.39 bits per heavy atom. The lowest BCUT2D eigenvalue weighted by Crippen LogP contribution is -2.66. The van der Waals surface area contributed by atoms with E-state index in [2.05, 4.69) is 74.6 Å². The fraction of sp³-hybridized carbons (Fsp3) is 0.545. The van der Waals surface area contributed by atoms with E-state index in [1.807, 2.05) is 20.2 Å². The smallest absolute Gasteiger partial charge is 0.123 e. The molecule has 0 amide bonds. The van der Waals surface area contributed by atoms with Gasteiger partial charge in [0.2, 0.25) is 0 Å². The maximum Gasteiger partial charge on any atom is 0.123 e. The number of rotatable bonds is 8. The zero-order chi connectivity index (χ0) is 28.6. The minimum atomic E-state index is -0.0915. The molecule has 5 atom stereocenters. The third-order valence-corrected chi connectivity index (χ3v) is 8.85. The Bertz CT molecular complexity index is 1050. The van der Waals surface area contributed by atoms with Crippen molar-refractivity contribution in [1.29, 1.82) is 0 Å². The molecular weight excluding hydrogens is 473 g/mol. The molecule has 210 valence electrons. The van der Waals surface area contributed by atoms with E-state index in [4.69, 9.17) is 0 Å². The van der Waals surface area contributed by atoms with Crippen molar-refractivity contribution in [3.63, 3.8) is 0 Å². The molecule has 0 bridgehead atoms. The van der Waals surface area contributed by atoms with Crippen LogP contribution < -0.4 is 5.73 Å². The summed E-state index contributed by atoms with van der Waals surface area (Å²) in [6.07, 6.45) is 6.23. The number of benzene rings is 2. The second-order valence-corrected chi connectivity index (χ2v) is 10.8. The molecule has 1 heterocycles. The summed E-state index contributed by atoms with van der Waals surface area (Å²) in [5.41, 5.74) is 12.1. The number of aldehydes is 1. The molecule has 4 nitrogen and oxygen atoms in total. The standard InChI is InChI=1S/C24H28FN.C6H13NO.C2H4.CH5N/c1-5-17-9-10-20(15(3)14(17)2)16(4)26-22-12-21(24(22)13-23(24)26)18-7-6-8-19(25)11-18;1-7(2)5-3-4-6-8;2*1-2/h6-11,16,21-23H,5,12-13H2,1-4H3;6H,3-5H2,1-2H3;1-2H2;2H2,1H3. The number of unbranched alkanes of at least 4 members (excludes halogenated alkanes) is 1. The van der Waals surface area contributed by atoms with Crippen molar-refractivity contribution in [3.8, 4) is 0 Å². The van der Waals surface area contributed by atoms with Gasteiger partial charge in [-0.05, 0) is 120 Å². The van der Waals surface area contributed by atoms with Crippen molar-refractivity contribution in [3.05, 3.63) is 83.2 Å². The molecule has 5 unspecified atom stereocenters. The summed E-state index contributed by atoms with van der Waals surface area (Å²) in [6, 6.07) is 13.9. The third kappa shape index (κ3) is 6.11. The van der Waals surface area contributed by atoms with Crippen LogP contribution in [0.1, 0.15) is 79.3 Å². The number of halogens is 1. The predicted octanol–water partition coefficient (Wildman–Crippen LogP) is 6.60. The first-order valence-corrected chi connectivity index (χ1v) is 14.0. The normalized spacial score (nSPS) is 24.8. The van der Waals surface area contributed by atoms with Gasteiger partial charge in [0.05, 0.1) is 0 Å². The summed E-state index contributed by atoms with van der Waals surface area (Å²) in [5, 5.41) is 0. The fourth-order valence-electron chi connectivity index (χ4n) is 6.75. The van der Waals surface area contributed by atoms with Crippen LogP contribution in [0.2, 0.25) is 0 Å². The average Bonchev–Trinajstić information content (AvgIpc) is 3.65. The lowest BCUT2D eigenvalue weighted by molar-refractivity contribution is -0.108. The highest BCUT2D eigenvalue weighted by Crippen LogP contribution is 2.80. The van der Waals surface area contributed by atoms with Crippen molar-refractivity contribution in [2.24, 2.45) is 11.1 Å². The molecule has 2 saturated carbocycles. The van der Waals surface area contributed by atoms with E-state index < -0.39 is 0 Å². The highest BCUT2D eigenvalue weighted by atomic mass is 19.1. The van der Waals surface area contributed by atoms with Gasteiger partial charge in [-0.2, -0.15) is 0 Å². The molecular formula is C33H50FN3O. The Balaban J connectivity index is 0.000000363. The van der Waals surface area contributed by atoms with Gasteiger partial charge in [-0.3, -0.25) is 4.90 Å². The van der Waals surface area contributed by atoms with Gasteiger partial charge < -0.3 is 15.4 Å². The zero-order valence-electron chi connectivity index (χ0n) is 24.8. The molecule has 1 aliphatic heterocycles. The Labute approximate surface area is 231 Å². The average molecular weight is 524 g/mol. The lowest BCUT2D eigenvalue weighted by atomic mass is 9.57. The molecule has 1 saturated heterocycles. The van der Waals surface area contributed by atoms with Crippen LogP contribution >= 0.6 is 0 Å². The lowest BCUT2D eigenvalue weighted by Gasteiger charge is -2.62. The molecule has 5 rings (SSSR count). The quantitative estimate of drug-likeness (QED) is 0.241. The first-order chi connectivity index (χ1) is 18.3. The van der Waals surface area contributed by atoms with Gasteiger partial charge in [0.1, 0.15) is 12.1 Å². The summed E-state index contributed by atoms with van der Waals surface area (Å²) in [6.45, 7) is 16.2. The van der Waals surface area contributed by atoms with Crippen molar-refractivity contribution in [2.45, 2.75) is 83.8 Å². The van der Waals surface area contributed by atoms with Gasteiger partial charge in [-0.1, -0.05) is 31.2 Å². The number of hydrogen-bond acceptors (Lipinski definition) is 4. The van der Waals surface area contributed by atoms with Gasteiger partial charge in [-0.15, -0.1) is 13.2 Å². The third-order valence-electron chi connectivity index (χ3n) is 8.85. The Morgan fingerprint density at radius 1 is 1.16 bits per heavy atom. The zero-order valence-corrected chi connectivity index (χ0v) is 24.8. The molecule has 1 spiro atoms. The van der Waals surface area contributed by atoms with E-state index in [9.17, 15) is 9.18 Å². The van der Waals surface area contributed by atoms with Crippen molar-refractivity contribution >= 4 is 6.29 Å². The number of carbonyl (C=O) groups is 1. The molecule has 3 fully saturated rings. The first kappa shape index (κ1) is 31.9. The van der Waals surface area contributed by atoms with Crippen molar-refractivity contribution in [1.82, 2.24) is 9.80 Å². The highest BCUT2D eigenvalue weighted by Gasteiger charge is 2.81. The highest BCUT2D eigenvalue weighted by molar-refractivity contribution is 5.49. The number of hydrogen-bond donors (Lipinski definition) is 1. The summed E-state index contributed by atoms with van der Waals surface area (Å²) < 4.78 is 13.6. The number of likely N-dealkylation sites (tertiary alicyclic amines) is 1.